The zero-order valence-electron chi connectivity index (χ0n) is 11.6. The van der Waals surface area contributed by atoms with E-state index in [1.807, 2.05) is 0 Å². The average Bonchev–Trinajstić information content (AvgIpc) is 2.33. The number of aromatic nitrogens is 2. The summed E-state index contributed by atoms with van der Waals surface area (Å²) in [6.07, 6.45) is 2.46. The number of ether oxygens (including phenoxy) is 1. The lowest BCUT2D eigenvalue weighted by Crippen LogP contribution is -2.57. The monoisotopic (exact) mass is 265 g/mol. The van der Waals surface area contributed by atoms with Gasteiger partial charge in [-0.05, 0) is 13.3 Å². The Bertz CT molecular complexity index is 502. The third-order valence-electron chi connectivity index (χ3n) is 3.98. The van der Waals surface area contributed by atoms with Gasteiger partial charge in [0.1, 0.15) is 0 Å². The van der Waals surface area contributed by atoms with Crippen LogP contribution in [0.1, 0.15) is 36.3 Å². The van der Waals surface area contributed by atoms with E-state index in [-0.39, 0.29) is 23.1 Å². The van der Waals surface area contributed by atoms with Crippen molar-refractivity contribution in [2.45, 2.75) is 39.3 Å². The van der Waals surface area contributed by atoms with Gasteiger partial charge in [0.15, 0.2) is 0 Å². The van der Waals surface area contributed by atoms with Crippen LogP contribution in [-0.2, 0) is 4.74 Å². The Morgan fingerprint density at radius 1 is 1.58 bits per heavy atom. The molecule has 0 radical (unpaired) electrons. The highest BCUT2D eigenvalue weighted by atomic mass is 16.5. The molecule has 0 saturated heterocycles. The molecule has 2 rings (SSSR count). The average molecular weight is 265 g/mol. The van der Waals surface area contributed by atoms with Gasteiger partial charge in [-0.1, -0.05) is 13.8 Å². The van der Waals surface area contributed by atoms with Crippen LogP contribution in [0, 0.1) is 12.3 Å². The Kier molecular flexibility index (Phi) is 3.45. The number of hydrogen-bond donors (Lipinski definition) is 2. The molecule has 0 bridgehead atoms. The molecule has 1 aliphatic carbocycles. The van der Waals surface area contributed by atoms with Crippen LogP contribution >= 0.6 is 0 Å². The summed E-state index contributed by atoms with van der Waals surface area (Å²) < 4.78 is 5.39. The molecule has 6 heteroatoms. The van der Waals surface area contributed by atoms with E-state index in [0.717, 1.165) is 6.42 Å². The highest BCUT2D eigenvalue weighted by Crippen LogP contribution is 2.43. The molecule has 1 fully saturated rings. The first kappa shape index (κ1) is 13.7. The van der Waals surface area contributed by atoms with E-state index in [0.29, 0.717) is 11.6 Å². The van der Waals surface area contributed by atoms with Crippen molar-refractivity contribution in [3.8, 4) is 0 Å². The number of anilines is 1. The first-order valence-electron chi connectivity index (χ1n) is 6.22. The molecule has 2 unspecified atom stereocenters. The molecule has 104 valence electrons. The Morgan fingerprint density at radius 3 is 2.74 bits per heavy atom. The molecule has 6 nitrogen and oxygen atoms in total. The fourth-order valence-corrected chi connectivity index (χ4v) is 2.43. The third-order valence-corrected chi connectivity index (χ3v) is 3.98. The summed E-state index contributed by atoms with van der Waals surface area (Å²) in [7, 11) is 1.71. The summed E-state index contributed by atoms with van der Waals surface area (Å²) in [6, 6.07) is 0.229. The number of hydrogen-bond acceptors (Lipinski definition) is 5. The van der Waals surface area contributed by atoms with Gasteiger partial charge in [0.2, 0.25) is 5.95 Å². The Hall–Kier alpha value is -1.69. The van der Waals surface area contributed by atoms with Crippen LogP contribution in [0.25, 0.3) is 0 Å². The van der Waals surface area contributed by atoms with Crippen LogP contribution in [-0.4, -0.2) is 40.3 Å². The highest BCUT2D eigenvalue weighted by molar-refractivity contribution is 5.88. The maximum absolute atomic E-state index is 10.9. The van der Waals surface area contributed by atoms with Crippen LogP contribution in [0.5, 0.6) is 0 Å². The smallest absolute Gasteiger partial charge is 0.339 e. The number of carbonyl (C=O) groups is 1. The molecule has 1 saturated carbocycles. The molecular weight excluding hydrogens is 246 g/mol. The number of carboxylic acid groups (broad SMARTS) is 1. The minimum absolute atomic E-state index is 0.0114. The fourth-order valence-electron chi connectivity index (χ4n) is 2.43. The highest BCUT2D eigenvalue weighted by Gasteiger charge is 2.48. The lowest BCUT2D eigenvalue weighted by molar-refractivity contribution is -0.0796. The number of aryl methyl sites for hydroxylation is 1. The van der Waals surface area contributed by atoms with Gasteiger partial charge < -0.3 is 15.2 Å². The maximum Gasteiger partial charge on any atom is 0.339 e. The van der Waals surface area contributed by atoms with Crippen LogP contribution in [0.3, 0.4) is 0 Å². The van der Waals surface area contributed by atoms with Gasteiger partial charge >= 0.3 is 5.97 Å². The van der Waals surface area contributed by atoms with Crippen molar-refractivity contribution in [1.29, 1.82) is 0 Å². The number of nitrogens with one attached hydrogen (secondary N) is 1. The van der Waals surface area contributed by atoms with Crippen LogP contribution in [0.2, 0.25) is 0 Å². The molecule has 1 aromatic heterocycles. The summed E-state index contributed by atoms with van der Waals surface area (Å²) >= 11 is 0. The Labute approximate surface area is 112 Å². The molecule has 1 aromatic rings. The second-order valence-electron chi connectivity index (χ2n) is 5.48. The first-order valence-corrected chi connectivity index (χ1v) is 6.22. The molecule has 0 amide bonds. The van der Waals surface area contributed by atoms with Crippen LogP contribution in [0.4, 0.5) is 5.95 Å². The zero-order valence-corrected chi connectivity index (χ0v) is 11.6. The summed E-state index contributed by atoms with van der Waals surface area (Å²) in [5, 5.41) is 12.2. The van der Waals surface area contributed by atoms with Gasteiger partial charge in [-0.2, -0.15) is 0 Å². The molecule has 2 N–H and O–H groups in total. The molecule has 1 heterocycles. The zero-order chi connectivity index (χ0) is 14.2. The third kappa shape index (κ3) is 2.40. The normalized spacial score (nSPS) is 24.6. The van der Waals surface area contributed by atoms with E-state index in [9.17, 15) is 4.79 Å². The number of aromatic carboxylic acids is 1. The molecule has 0 spiro atoms. The number of carboxylic acids is 1. The molecule has 0 aromatic carbocycles. The second kappa shape index (κ2) is 4.77. The standard InChI is InChI=1S/C13H19N3O3/c1-7-8(11(17)18)6-14-12(15-7)16-9-5-10(19-4)13(9,2)3/h6,9-10H,5H2,1-4H3,(H,17,18)(H,14,15,16). The fraction of sp³-hybridized carbons (Fsp3) is 0.615. The predicted molar refractivity (Wildman–Crippen MR) is 70.3 cm³/mol. The van der Waals surface area contributed by atoms with Crippen molar-refractivity contribution < 1.29 is 14.6 Å². The van der Waals surface area contributed by atoms with E-state index in [4.69, 9.17) is 9.84 Å². The van der Waals surface area contributed by atoms with Crippen molar-refractivity contribution >= 4 is 11.9 Å². The summed E-state index contributed by atoms with van der Waals surface area (Å²) in [6.45, 7) is 5.92. The summed E-state index contributed by atoms with van der Waals surface area (Å²) in [4.78, 5) is 19.1. The van der Waals surface area contributed by atoms with E-state index in [1.54, 1.807) is 14.0 Å². The van der Waals surface area contributed by atoms with Crippen molar-refractivity contribution in [1.82, 2.24) is 9.97 Å². The summed E-state index contributed by atoms with van der Waals surface area (Å²) in [5.74, 6) is -0.539. The number of methoxy groups -OCH3 is 1. The van der Waals surface area contributed by atoms with Crippen molar-refractivity contribution in [3.63, 3.8) is 0 Å². The van der Waals surface area contributed by atoms with E-state index in [2.05, 4.69) is 29.1 Å². The van der Waals surface area contributed by atoms with Gasteiger partial charge in [-0.25, -0.2) is 14.8 Å². The maximum atomic E-state index is 10.9. The lowest BCUT2D eigenvalue weighted by Gasteiger charge is -2.51. The molecular formula is C13H19N3O3. The van der Waals surface area contributed by atoms with Gasteiger partial charge in [0.25, 0.3) is 0 Å². The minimum Gasteiger partial charge on any atom is -0.478 e. The van der Waals surface area contributed by atoms with Crippen molar-refractivity contribution in [2.24, 2.45) is 5.41 Å². The van der Waals surface area contributed by atoms with E-state index >= 15 is 0 Å². The second-order valence-corrected chi connectivity index (χ2v) is 5.48. The van der Waals surface area contributed by atoms with Gasteiger partial charge in [-0.3, -0.25) is 0 Å². The quantitative estimate of drug-likeness (QED) is 0.862. The van der Waals surface area contributed by atoms with Crippen LogP contribution < -0.4 is 5.32 Å². The molecule has 19 heavy (non-hydrogen) atoms. The predicted octanol–water partition coefficient (Wildman–Crippen LogP) is 1.71. The lowest BCUT2D eigenvalue weighted by atomic mass is 9.64. The molecule has 2 atom stereocenters. The summed E-state index contributed by atoms with van der Waals surface area (Å²) in [5.41, 5.74) is 0.607. The topological polar surface area (TPSA) is 84.3 Å². The van der Waals surface area contributed by atoms with Gasteiger partial charge in [-0.15, -0.1) is 0 Å². The SMILES string of the molecule is COC1CC(Nc2ncc(C(=O)O)c(C)n2)C1(C)C. The number of rotatable bonds is 4. The van der Waals surface area contributed by atoms with Crippen molar-refractivity contribution in [3.05, 3.63) is 17.5 Å². The van der Waals surface area contributed by atoms with E-state index in [1.165, 1.54) is 6.20 Å². The Balaban J connectivity index is 2.09. The molecule has 1 aliphatic rings. The van der Waals surface area contributed by atoms with Gasteiger partial charge in [0, 0.05) is 24.8 Å². The van der Waals surface area contributed by atoms with Gasteiger partial charge in [0.05, 0.1) is 17.4 Å². The van der Waals surface area contributed by atoms with E-state index < -0.39 is 5.97 Å². The molecule has 0 aliphatic heterocycles. The minimum atomic E-state index is -1.01. The Morgan fingerprint density at radius 2 is 2.26 bits per heavy atom. The number of nitrogens with zero attached hydrogens (tertiary/aromatic N) is 2. The first-order chi connectivity index (χ1) is 8.86. The van der Waals surface area contributed by atoms with Crippen LogP contribution in [0.15, 0.2) is 6.20 Å². The largest absolute Gasteiger partial charge is 0.478 e. The van der Waals surface area contributed by atoms with Crippen molar-refractivity contribution in [2.75, 3.05) is 12.4 Å².